The lowest BCUT2D eigenvalue weighted by molar-refractivity contribution is -0.0940. The lowest BCUT2D eigenvalue weighted by Gasteiger charge is -2.29. The second-order valence-corrected chi connectivity index (χ2v) is 6.46. The molecule has 6 nitrogen and oxygen atoms in total. The zero-order chi connectivity index (χ0) is 18.7. The summed E-state index contributed by atoms with van der Waals surface area (Å²) in [6.07, 6.45) is 2.74. The average Bonchev–Trinajstić information content (AvgIpc) is 2.61. The van der Waals surface area contributed by atoms with E-state index in [4.69, 9.17) is 0 Å². The number of rotatable bonds is 5. The lowest BCUT2D eigenvalue weighted by atomic mass is 9.85. The number of fused-ring (bicyclic) bond motifs is 1. The van der Waals surface area contributed by atoms with Crippen LogP contribution in [-0.4, -0.2) is 40.0 Å². The summed E-state index contributed by atoms with van der Waals surface area (Å²) in [5.74, 6) is -0.393. The summed E-state index contributed by atoms with van der Waals surface area (Å²) >= 11 is 0. The Morgan fingerprint density at radius 2 is 1.92 bits per heavy atom. The molecule has 0 saturated heterocycles. The Hall–Kier alpha value is -2.32. The zero-order valence-electron chi connectivity index (χ0n) is 13.9. The molecule has 3 N–H and O–H groups in total. The normalized spacial score (nSPS) is 20.5. The van der Waals surface area contributed by atoms with Gasteiger partial charge in [-0.05, 0) is 43.9 Å². The van der Waals surface area contributed by atoms with E-state index in [2.05, 4.69) is 15.0 Å². The number of halogens is 2. The number of aliphatic hydroxyl groups excluding tert-OH is 1. The average molecular weight is 366 g/mol. The monoisotopic (exact) mass is 366 g/mol. The summed E-state index contributed by atoms with van der Waals surface area (Å²) in [4.78, 5) is 16.6. The number of benzene rings is 1. The summed E-state index contributed by atoms with van der Waals surface area (Å²) in [6, 6.07) is 6.00. The van der Waals surface area contributed by atoms with Crippen LogP contribution < -0.4 is 10.1 Å². The number of nitrogens with one attached hydrogen (secondary N) is 1. The molecule has 1 fully saturated rings. The maximum atomic E-state index is 12.4. The molecule has 0 bridgehead atoms. The fourth-order valence-corrected chi connectivity index (χ4v) is 3.23. The summed E-state index contributed by atoms with van der Waals surface area (Å²) in [6.45, 7) is -2.90. The molecule has 0 atom stereocenters. The van der Waals surface area contributed by atoms with Crippen molar-refractivity contribution in [3.63, 3.8) is 0 Å². The fraction of sp³-hybridized carbons (Fsp3) is 0.444. The highest BCUT2D eigenvalue weighted by molar-refractivity contribution is 5.97. The minimum absolute atomic E-state index is 0.0139. The molecule has 1 aromatic heterocycles. The van der Waals surface area contributed by atoms with Crippen LogP contribution in [0.25, 0.3) is 10.9 Å². The van der Waals surface area contributed by atoms with E-state index in [1.807, 2.05) is 0 Å². The maximum absolute atomic E-state index is 12.4. The van der Waals surface area contributed by atoms with Gasteiger partial charge >= 0.3 is 6.61 Å². The summed E-state index contributed by atoms with van der Waals surface area (Å²) in [5, 5.41) is 22.0. The van der Waals surface area contributed by atoms with Crippen LogP contribution in [0.4, 0.5) is 8.78 Å². The number of hydrogen-bond acceptors (Lipinski definition) is 5. The van der Waals surface area contributed by atoms with Gasteiger partial charge in [-0.25, -0.2) is 0 Å². The summed E-state index contributed by atoms with van der Waals surface area (Å²) in [7, 11) is 0. The first-order valence-corrected chi connectivity index (χ1v) is 8.44. The first-order valence-electron chi connectivity index (χ1n) is 8.44. The Balaban J connectivity index is 1.65. The van der Waals surface area contributed by atoms with Gasteiger partial charge in [-0.3, -0.25) is 9.78 Å². The van der Waals surface area contributed by atoms with E-state index < -0.39 is 12.9 Å². The van der Waals surface area contributed by atoms with Gasteiger partial charge in [0.15, 0.2) is 6.29 Å². The van der Waals surface area contributed by atoms with Crippen molar-refractivity contribution in [3.05, 3.63) is 36.0 Å². The van der Waals surface area contributed by atoms with Gasteiger partial charge in [0.25, 0.3) is 5.91 Å². The van der Waals surface area contributed by atoms with Crippen LogP contribution in [0.5, 0.6) is 5.75 Å². The number of carbonyl (C=O) groups is 1. The predicted octanol–water partition coefficient (Wildman–Crippen LogP) is 2.44. The molecule has 0 unspecified atom stereocenters. The summed E-state index contributed by atoms with van der Waals surface area (Å²) < 4.78 is 28.9. The van der Waals surface area contributed by atoms with E-state index in [9.17, 15) is 23.8 Å². The van der Waals surface area contributed by atoms with Crippen LogP contribution in [0.15, 0.2) is 30.5 Å². The van der Waals surface area contributed by atoms with Crippen molar-refractivity contribution in [2.45, 2.75) is 44.6 Å². The number of carbonyl (C=O) groups excluding carboxylic acids is 1. The van der Waals surface area contributed by atoms with Crippen molar-refractivity contribution >= 4 is 16.8 Å². The standard InChI is InChI=1S/C18H20F2N2O4/c19-18(20)26-14-6-3-11-7-12(9-21-15(11)8-14)16(23)22-13-4-1-10(2-5-13)17(24)25/h3,6-10,13,17-18,24-25H,1-2,4-5H2,(H,22,23). The maximum Gasteiger partial charge on any atom is 0.387 e. The second-order valence-electron chi connectivity index (χ2n) is 6.46. The number of hydrogen-bond donors (Lipinski definition) is 3. The molecular formula is C18H20F2N2O4. The molecule has 26 heavy (non-hydrogen) atoms. The van der Waals surface area contributed by atoms with Gasteiger partial charge in [-0.2, -0.15) is 8.78 Å². The summed E-state index contributed by atoms with van der Waals surface area (Å²) in [5.41, 5.74) is 0.835. The molecule has 1 aliphatic rings. The van der Waals surface area contributed by atoms with Crippen molar-refractivity contribution in [2.24, 2.45) is 5.92 Å². The number of alkyl halides is 2. The minimum Gasteiger partial charge on any atom is -0.435 e. The van der Waals surface area contributed by atoms with E-state index in [0.29, 0.717) is 42.1 Å². The van der Waals surface area contributed by atoms with Crippen molar-refractivity contribution in [3.8, 4) is 5.75 Å². The zero-order valence-corrected chi connectivity index (χ0v) is 13.9. The highest BCUT2D eigenvalue weighted by Crippen LogP contribution is 2.26. The molecule has 8 heteroatoms. The molecule has 3 rings (SSSR count). The van der Waals surface area contributed by atoms with Crippen LogP contribution in [0.2, 0.25) is 0 Å². The van der Waals surface area contributed by atoms with Crippen molar-refractivity contribution in [1.82, 2.24) is 10.3 Å². The van der Waals surface area contributed by atoms with Crippen molar-refractivity contribution in [2.75, 3.05) is 0 Å². The Morgan fingerprint density at radius 1 is 1.19 bits per heavy atom. The first-order chi connectivity index (χ1) is 12.4. The van der Waals surface area contributed by atoms with E-state index in [1.165, 1.54) is 18.3 Å². The number of nitrogens with zero attached hydrogens (tertiary/aromatic N) is 1. The quantitative estimate of drug-likeness (QED) is 0.707. The van der Waals surface area contributed by atoms with Gasteiger partial charge < -0.3 is 20.3 Å². The van der Waals surface area contributed by atoms with Crippen LogP contribution in [0.3, 0.4) is 0 Å². The van der Waals surface area contributed by atoms with Crippen LogP contribution >= 0.6 is 0 Å². The van der Waals surface area contributed by atoms with Crippen LogP contribution in [0.1, 0.15) is 36.0 Å². The smallest absolute Gasteiger partial charge is 0.387 e. The van der Waals surface area contributed by atoms with E-state index in [0.717, 1.165) is 0 Å². The molecule has 1 heterocycles. The molecule has 0 aliphatic heterocycles. The van der Waals surface area contributed by atoms with Crippen molar-refractivity contribution in [1.29, 1.82) is 0 Å². The Bertz CT molecular complexity index is 777. The molecule has 1 aromatic carbocycles. The van der Waals surface area contributed by atoms with Gasteiger partial charge in [0.1, 0.15) is 5.75 Å². The van der Waals surface area contributed by atoms with Gasteiger partial charge in [-0.15, -0.1) is 0 Å². The predicted molar refractivity (Wildman–Crippen MR) is 89.8 cm³/mol. The van der Waals surface area contributed by atoms with Gasteiger partial charge in [0.05, 0.1) is 11.1 Å². The highest BCUT2D eigenvalue weighted by Gasteiger charge is 2.26. The van der Waals surface area contributed by atoms with Gasteiger partial charge in [0, 0.05) is 29.6 Å². The number of amides is 1. The molecule has 140 valence electrons. The highest BCUT2D eigenvalue weighted by atomic mass is 19.3. The molecule has 0 radical (unpaired) electrons. The molecule has 0 spiro atoms. The molecule has 1 amide bonds. The SMILES string of the molecule is O=C(NC1CCC(C(O)O)CC1)c1cnc2cc(OC(F)F)ccc2c1. The third kappa shape index (κ3) is 4.44. The Morgan fingerprint density at radius 3 is 2.58 bits per heavy atom. The molecule has 2 aromatic rings. The largest absolute Gasteiger partial charge is 0.435 e. The minimum atomic E-state index is -2.90. The fourth-order valence-electron chi connectivity index (χ4n) is 3.23. The number of pyridine rings is 1. The third-order valence-electron chi connectivity index (χ3n) is 4.67. The van der Waals surface area contributed by atoms with Gasteiger partial charge in [-0.1, -0.05) is 0 Å². The number of ether oxygens (including phenoxy) is 1. The van der Waals surface area contributed by atoms with E-state index in [1.54, 1.807) is 12.1 Å². The third-order valence-corrected chi connectivity index (χ3v) is 4.67. The topological polar surface area (TPSA) is 91.7 Å². The Kier molecular flexibility index (Phi) is 5.63. The number of aromatic nitrogens is 1. The van der Waals surface area contributed by atoms with Gasteiger partial charge in [0.2, 0.25) is 0 Å². The molecule has 1 aliphatic carbocycles. The van der Waals surface area contributed by atoms with E-state index >= 15 is 0 Å². The molecular weight excluding hydrogens is 346 g/mol. The second kappa shape index (κ2) is 7.92. The first kappa shape index (κ1) is 18.5. The van der Waals surface area contributed by atoms with Crippen molar-refractivity contribution < 1.29 is 28.5 Å². The van der Waals surface area contributed by atoms with Crippen LogP contribution in [0, 0.1) is 5.92 Å². The molecule has 1 saturated carbocycles. The Labute approximate surface area is 148 Å². The lowest BCUT2D eigenvalue weighted by Crippen LogP contribution is -2.39. The number of aliphatic hydroxyl groups is 2. The van der Waals surface area contributed by atoms with Crippen LogP contribution in [-0.2, 0) is 0 Å². The van der Waals surface area contributed by atoms with E-state index in [-0.39, 0.29) is 23.6 Å².